The minimum absolute atomic E-state index is 0.0525. The van der Waals surface area contributed by atoms with Gasteiger partial charge in [0.15, 0.2) is 10.8 Å². The lowest BCUT2D eigenvalue weighted by atomic mass is 9.92. The van der Waals surface area contributed by atoms with E-state index in [1.54, 1.807) is 0 Å². The number of fused-ring (bicyclic) bond motifs is 1. The summed E-state index contributed by atoms with van der Waals surface area (Å²) < 4.78 is 9.38. The number of carbonyl (C=O) groups is 2. The van der Waals surface area contributed by atoms with Gasteiger partial charge < -0.3 is 36.2 Å². The van der Waals surface area contributed by atoms with Crippen molar-refractivity contribution in [1.82, 2.24) is 4.90 Å². The summed E-state index contributed by atoms with van der Waals surface area (Å²) in [6, 6.07) is 13.5. The van der Waals surface area contributed by atoms with Crippen LogP contribution in [0.5, 0.6) is 5.75 Å². The average molecular weight is 682 g/mol. The van der Waals surface area contributed by atoms with Gasteiger partial charge in [0.05, 0.1) is 17.2 Å². The lowest BCUT2D eigenvalue weighted by Gasteiger charge is -2.31. The number of nitrogens with one attached hydrogen (secondary N) is 2. The highest BCUT2D eigenvalue weighted by Gasteiger charge is 2.27. The van der Waals surface area contributed by atoms with Gasteiger partial charge in [0.1, 0.15) is 5.75 Å². The summed E-state index contributed by atoms with van der Waals surface area (Å²) in [5.74, 6) is -1.02. The van der Waals surface area contributed by atoms with Crippen molar-refractivity contribution in [2.24, 2.45) is 22.4 Å². The molecule has 5 rings (SSSR count). The number of anilines is 1. The molecular weight excluding hydrogens is 641 g/mol. The number of guanidine groups is 1. The first-order chi connectivity index (χ1) is 22.7. The topological polar surface area (TPSA) is 198 Å². The van der Waals surface area contributed by atoms with E-state index in [1.165, 1.54) is 28.8 Å². The molecule has 3 aromatic rings. The zero-order valence-electron chi connectivity index (χ0n) is 26.0. The molecule has 250 valence electrons. The summed E-state index contributed by atoms with van der Waals surface area (Å²) in [6.07, 6.45) is 3.47. The van der Waals surface area contributed by atoms with Crippen LogP contribution in [-0.2, 0) is 22.6 Å². The van der Waals surface area contributed by atoms with Crippen LogP contribution in [0.4, 0.5) is 5.69 Å². The maximum absolute atomic E-state index is 11.8. The molecule has 0 radical (unpaired) electrons. The maximum atomic E-state index is 11.8. The van der Waals surface area contributed by atoms with Gasteiger partial charge in [-0.05, 0) is 96.1 Å². The molecule has 1 aromatic heterocycles. The van der Waals surface area contributed by atoms with Gasteiger partial charge in [-0.1, -0.05) is 24.3 Å². The highest BCUT2D eigenvalue weighted by molar-refractivity contribution is 8.00. The molecular formula is C33H41N6O6S2+. The number of ether oxygens (including phenoxy) is 1. The van der Waals surface area contributed by atoms with Crippen LogP contribution in [-0.4, -0.2) is 76.3 Å². The second-order valence-electron chi connectivity index (χ2n) is 11.7. The molecule has 0 aliphatic carbocycles. The first-order valence-corrected chi connectivity index (χ1v) is 17.3. The third-order valence-corrected chi connectivity index (χ3v) is 10.1. The molecule has 0 bridgehead atoms. The fourth-order valence-electron chi connectivity index (χ4n) is 5.95. The number of aliphatic imine (C=N–C) groups is 1. The molecule has 12 nitrogen and oxygen atoms in total. The molecule has 1 atom stereocenters. The van der Waals surface area contributed by atoms with Crippen LogP contribution >= 0.6 is 23.3 Å². The summed E-state index contributed by atoms with van der Waals surface area (Å²) in [5.41, 5.74) is 15.9. The predicted octanol–water partition coefficient (Wildman–Crippen LogP) is 3.05. The van der Waals surface area contributed by atoms with Crippen LogP contribution in [0.3, 0.4) is 0 Å². The molecule has 14 heteroatoms. The smallest absolute Gasteiger partial charge is 0.379 e. The molecule has 0 amide bonds. The van der Waals surface area contributed by atoms with E-state index in [4.69, 9.17) is 16.2 Å². The number of nitrogens with zero attached hydrogens (tertiary/aromatic N) is 2. The van der Waals surface area contributed by atoms with Crippen LogP contribution in [0.2, 0.25) is 0 Å². The number of nitrogens with two attached hydrogens (primary N) is 2. The highest BCUT2D eigenvalue weighted by atomic mass is 32.2. The third-order valence-electron chi connectivity index (χ3n) is 8.35. The van der Waals surface area contributed by atoms with Crippen LogP contribution in [0, 0.1) is 5.92 Å². The van der Waals surface area contributed by atoms with E-state index in [2.05, 4.69) is 49.9 Å². The molecule has 47 heavy (non-hydrogen) atoms. The SMILES string of the molecule is NC(N)=NCCC[C@H]([NH+]=C(O)c1sccc1NSc1cc(-c2ccccc2CN2CCC(CC(=O)O)CC2)cc2c1OCC2)C(=O)O. The van der Waals surface area contributed by atoms with E-state index in [9.17, 15) is 24.9 Å². The van der Waals surface area contributed by atoms with Gasteiger partial charge in [-0.15, -0.1) is 11.3 Å². The Hall–Kier alpha value is -4.27. The number of rotatable bonds is 15. The molecule has 9 N–H and O–H groups in total. The minimum Gasteiger partial charge on any atom is -0.492 e. The number of likely N-dealkylation sites (tertiary alicyclic amines) is 1. The van der Waals surface area contributed by atoms with Crippen molar-refractivity contribution in [2.75, 3.05) is 31.0 Å². The summed E-state index contributed by atoms with van der Waals surface area (Å²) in [6.45, 7) is 3.43. The van der Waals surface area contributed by atoms with Gasteiger partial charge >= 0.3 is 17.8 Å². The highest BCUT2D eigenvalue weighted by Crippen LogP contribution is 2.42. The van der Waals surface area contributed by atoms with Crippen molar-refractivity contribution in [3.05, 3.63) is 63.8 Å². The summed E-state index contributed by atoms with van der Waals surface area (Å²) in [5, 5.41) is 31.6. The fourth-order valence-corrected chi connectivity index (χ4v) is 7.63. The maximum Gasteiger partial charge on any atom is 0.379 e. The van der Waals surface area contributed by atoms with Crippen molar-refractivity contribution < 1.29 is 34.6 Å². The number of hydrogen-bond donors (Lipinski definition) is 7. The Morgan fingerprint density at radius 2 is 1.94 bits per heavy atom. The van der Waals surface area contributed by atoms with Crippen molar-refractivity contribution in [3.63, 3.8) is 0 Å². The molecule has 1 fully saturated rings. The molecule has 0 unspecified atom stereocenters. The van der Waals surface area contributed by atoms with E-state index in [1.807, 2.05) is 17.5 Å². The number of carboxylic acids is 2. The number of aliphatic hydroxyl groups is 1. The Labute approximate surface area is 281 Å². The molecule has 2 aliphatic rings. The monoisotopic (exact) mass is 681 g/mol. The lowest BCUT2D eigenvalue weighted by Crippen LogP contribution is -2.82. The summed E-state index contributed by atoms with van der Waals surface area (Å²) in [4.78, 5) is 33.4. The summed E-state index contributed by atoms with van der Waals surface area (Å²) in [7, 11) is 0. The number of piperidine rings is 1. The van der Waals surface area contributed by atoms with E-state index in [0.29, 0.717) is 30.1 Å². The normalized spacial score (nSPS) is 15.9. The molecule has 2 aliphatic heterocycles. The lowest BCUT2D eigenvalue weighted by molar-refractivity contribution is -0.498. The van der Waals surface area contributed by atoms with Gasteiger partial charge in [-0.2, -0.15) is 4.99 Å². The Kier molecular flexibility index (Phi) is 11.6. The molecule has 0 spiro atoms. The Morgan fingerprint density at radius 3 is 2.68 bits per heavy atom. The zero-order valence-corrected chi connectivity index (χ0v) is 27.6. The Bertz CT molecular complexity index is 1630. The van der Waals surface area contributed by atoms with Gasteiger partial charge in [-0.3, -0.25) is 14.7 Å². The van der Waals surface area contributed by atoms with E-state index in [0.717, 1.165) is 66.2 Å². The number of carboxylic acid groups (broad SMARTS) is 2. The average Bonchev–Trinajstić information content (AvgIpc) is 3.72. The van der Waals surface area contributed by atoms with Crippen LogP contribution in [0.15, 0.2) is 57.7 Å². The van der Waals surface area contributed by atoms with Gasteiger partial charge in [0, 0.05) is 32.4 Å². The minimum atomic E-state index is -1.09. The van der Waals surface area contributed by atoms with Gasteiger partial charge in [0.25, 0.3) is 6.04 Å². The van der Waals surface area contributed by atoms with Gasteiger partial charge in [0.2, 0.25) is 0 Å². The first-order valence-electron chi connectivity index (χ1n) is 15.6. The standard InChI is InChI=1S/C33H40N6O6S2/c34-33(35)36-11-3-6-26(32(43)44)37-31(42)30-25(10-15-46-30)38-47-27-18-23(17-21-9-14-45-29(21)27)24-5-2-1-4-22(24)19-39-12-7-20(8-13-39)16-28(40)41/h1-2,4-5,10,15,17-18,20,26,38H,3,6-9,11-14,16,19H2,(H,37,42)(H,40,41)(H,43,44)(H4,34,35,36)/p+1/t26-/m0/s1. The molecule has 1 saturated heterocycles. The molecule has 0 saturated carbocycles. The second kappa shape index (κ2) is 16.0. The van der Waals surface area contributed by atoms with Crippen LogP contribution in [0.25, 0.3) is 11.1 Å². The van der Waals surface area contributed by atoms with E-state index in [-0.39, 0.29) is 30.6 Å². The van der Waals surface area contributed by atoms with E-state index < -0.39 is 18.0 Å². The van der Waals surface area contributed by atoms with Crippen LogP contribution < -0.4 is 25.9 Å². The second-order valence-corrected chi connectivity index (χ2v) is 13.5. The van der Waals surface area contributed by atoms with Gasteiger partial charge in [-0.25, -0.2) is 4.79 Å². The first kappa shape index (κ1) is 34.1. The van der Waals surface area contributed by atoms with Crippen molar-refractivity contribution in [3.8, 4) is 16.9 Å². The van der Waals surface area contributed by atoms with Crippen molar-refractivity contribution in [2.45, 2.75) is 56.0 Å². The number of aliphatic carboxylic acids is 2. The zero-order chi connectivity index (χ0) is 33.3. The van der Waals surface area contributed by atoms with Crippen LogP contribution in [0.1, 0.15) is 48.1 Å². The van der Waals surface area contributed by atoms with Crippen molar-refractivity contribution in [1.29, 1.82) is 0 Å². The van der Waals surface area contributed by atoms with Crippen molar-refractivity contribution >= 4 is 52.8 Å². The number of thiophene rings is 1. The number of benzene rings is 2. The summed E-state index contributed by atoms with van der Waals surface area (Å²) >= 11 is 2.67. The van der Waals surface area contributed by atoms with E-state index >= 15 is 0 Å². The quantitative estimate of drug-likeness (QED) is 0.0539. The predicted molar refractivity (Wildman–Crippen MR) is 184 cm³/mol. The molecule has 2 aromatic carbocycles. The fraction of sp³-hybridized carbons (Fsp3) is 0.394. The third kappa shape index (κ3) is 9.18. The Balaban J connectivity index is 1.31. The molecule has 3 heterocycles. The largest absolute Gasteiger partial charge is 0.492 e. The Morgan fingerprint density at radius 1 is 1.15 bits per heavy atom. The number of aliphatic hydroxyl groups excluding tert-OH is 1. The number of hydrogen-bond acceptors (Lipinski definition) is 8.